The van der Waals surface area contributed by atoms with Gasteiger partial charge in [-0.3, -0.25) is 13.9 Å². The summed E-state index contributed by atoms with van der Waals surface area (Å²) in [4.78, 5) is 24.4. The van der Waals surface area contributed by atoms with E-state index in [9.17, 15) is 40.6 Å². The van der Waals surface area contributed by atoms with Gasteiger partial charge in [0.2, 0.25) is 0 Å². The van der Waals surface area contributed by atoms with Crippen LogP contribution in [-0.4, -0.2) is 36.8 Å². The number of rotatable bonds is 6. The zero-order valence-electron chi connectivity index (χ0n) is 17.8. The van der Waals surface area contributed by atoms with Gasteiger partial charge in [0.15, 0.2) is 5.78 Å². The minimum absolute atomic E-state index is 0.265. The van der Waals surface area contributed by atoms with Crippen molar-refractivity contribution in [3.05, 3.63) is 87.8 Å². The molecule has 2 aromatic carbocycles. The van der Waals surface area contributed by atoms with Crippen LogP contribution in [0.5, 0.6) is 5.75 Å². The lowest BCUT2D eigenvalue weighted by Gasteiger charge is -2.19. The molecule has 1 heterocycles. The molecule has 1 aliphatic rings. The van der Waals surface area contributed by atoms with Crippen LogP contribution in [0.2, 0.25) is 0 Å². The molecule has 0 aliphatic heterocycles. The number of ketones is 1. The summed E-state index contributed by atoms with van der Waals surface area (Å²) in [6.45, 7) is 0. The molecule has 1 aliphatic carbocycles. The minimum Gasteiger partial charge on any atom is -0.507 e. The van der Waals surface area contributed by atoms with Gasteiger partial charge in [0, 0.05) is 11.6 Å². The van der Waals surface area contributed by atoms with E-state index in [-0.39, 0.29) is 5.57 Å². The van der Waals surface area contributed by atoms with E-state index in [4.69, 9.17) is 4.42 Å². The van der Waals surface area contributed by atoms with E-state index in [2.05, 4.69) is 0 Å². The monoisotopic (exact) mass is 518 g/mol. The molecule has 0 bridgehead atoms. The summed E-state index contributed by atoms with van der Waals surface area (Å²) < 4.78 is 71.5. The molecular weight excluding hydrogens is 500 g/mol. The van der Waals surface area contributed by atoms with Gasteiger partial charge in [0.1, 0.15) is 16.2 Å². The lowest BCUT2D eigenvalue weighted by molar-refractivity contribution is -0.115. The second-order valence-electron chi connectivity index (χ2n) is 7.74. The fourth-order valence-corrected chi connectivity index (χ4v) is 5.26. The molecule has 182 valence electrons. The standard InChI is InChI=1S/C23H18O10S2/c24-21(14-9-5-2-6-10-14)18(13-7-3-1-4-8-13)20-22(25)19-16(33-23(20)26)11-15(34(27,28)29)12-17(19)35(30,31)32/h1,3-5,7-12,18,25H,2,6H2,(H,27,28,29)(H,30,31,32). The Kier molecular flexibility index (Phi) is 6.23. The van der Waals surface area contributed by atoms with E-state index in [0.29, 0.717) is 30.5 Å². The van der Waals surface area contributed by atoms with Crippen molar-refractivity contribution in [1.82, 2.24) is 0 Å². The molecule has 0 amide bonds. The number of benzene rings is 2. The third-order valence-electron chi connectivity index (χ3n) is 5.49. The number of carbonyl (C=O) groups is 1. The Morgan fingerprint density at radius 3 is 2.23 bits per heavy atom. The van der Waals surface area contributed by atoms with Crippen LogP contribution < -0.4 is 5.63 Å². The normalized spacial score (nSPS) is 15.1. The fourth-order valence-electron chi connectivity index (χ4n) is 3.93. The summed E-state index contributed by atoms with van der Waals surface area (Å²) >= 11 is 0. The zero-order valence-corrected chi connectivity index (χ0v) is 19.4. The molecule has 0 fully saturated rings. The zero-order chi connectivity index (χ0) is 25.5. The van der Waals surface area contributed by atoms with Crippen molar-refractivity contribution in [2.24, 2.45) is 0 Å². The lowest BCUT2D eigenvalue weighted by atomic mass is 9.83. The highest BCUT2D eigenvalue weighted by atomic mass is 32.2. The maximum atomic E-state index is 13.5. The first-order valence-electron chi connectivity index (χ1n) is 10.1. The Hall–Kier alpha value is -3.58. The topological polar surface area (TPSA) is 176 Å². The van der Waals surface area contributed by atoms with E-state index in [0.717, 1.165) is 0 Å². The first-order valence-corrected chi connectivity index (χ1v) is 13.0. The van der Waals surface area contributed by atoms with Gasteiger partial charge in [-0.15, -0.1) is 0 Å². The Morgan fingerprint density at radius 1 is 0.971 bits per heavy atom. The molecule has 1 aromatic heterocycles. The fraction of sp³-hybridized carbons (Fsp3) is 0.130. The maximum Gasteiger partial charge on any atom is 0.344 e. The third kappa shape index (κ3) is 4.68. The van der Waals surface area contributed by atoms with Gasteiger partial charge in [-0.25, -0.2) is 4.79 Å². The average Bonchev–Trinajstić information content (AvgIpc) is 2.80. The first kappa shape index (κ1) is 24.5. The molecule has 4 rings (SSSR count). The number of allylic oxidation sites excluding steroid dienone is 4. The highest BCUT2D eigenvalue weighted by Crippen LogP contribution is 2.40. The Bertz CT molecular complexity index is 1680. The molecule has 0 spiro atoms. The van der Waals surface area contributed by atoms with E-state index >= 15 is 0 Å². The number of hydrogen-bond acceptors (Lipinski definition) is 8. The Balaban J connectivity index is 2.10. The van der Waals surface area contributed by atoms with Crippen LogP contribution in [0.15, 0.2) is 85.3 Å². The van der Waals surface area contributed by atoms with Crippen molar-refractivity contribution in [3.63, 3.8) is 0 Å². The summed E-state index contributed by atoms with van der Waals surface area (Å²) in [7, 11) is -10.2. The molecule has 35 heavy (non-hydrogen) atoms. The van der Waals surface area contributed by atoms with Crippen LogP contribution in [0.1, 0.15) is 29.9 Å². The quantitative estimate of drug-likeness (QED) is 0.325. The van der Waals surface area contributed by atoms with Crippen molar-refractivity contribution in [2.45, 2.75) is 28.6 Å². The SMILES string of the molecule is O=C(C1=CCCC=C1)C(c1ccccc1)c1c(O)c2c(S(=O)(=O)O)cc(S(=O)(=O)O)cc2oc1=O. The van der Waals surface area contributed by atoms with Crippen LogP contribution in [0.3, 0.4) is 0 Å². The summed E-state index contributed by atoms with van der Waals surface area (Å²) in [5, 5.41) is 10.4. The largest absolute Gasteiger partial charge is 0.507 e. The summed E-state index contributed by atoms with van der Waals surface area (Å²) in [6.07, 6.45) is 6.29. The van der Waals surface area contributed by atoms with Crippen LogP contribution in [-0.2, 0) is 25.0 Å². The third-order valence-corrected chi connectivity index (χ3v) is 7.20. The van der Waals surface area contributed by atoms with Crippen LogP contribution >= 0.6 is 0 Å². The molecule has 10 nitrogen and oxygen atoms in total. The Morgan fingerprint density at radius 2 is 1.66 bits per heavy atom. The first-order chi connectivity index (χ1) is 16.4. The van der Waals surface area contributed by atoms with Crippen molar-refractivity contribution < 1.29 is 40.3 Å². The second-order valence-corrected chi connectivity index (χ2v) is 10.6. The summed E-state index contributed by atoms with van der Waals surface area (Å²) in [5.74, 6) is -2.98. The molecule has 1 atom stereocenters. The van der Waals surface area contributed by atoms with E-state index in [1.165, 1.54) is 12.1 Å². The molecular formula is C23H18O10S2. The highest BCUT2D eigenvalue weighted by molar-refractivity contribution is 7.86. The summed E-state index contributed by atoms with van der Waals surface area (Å²) in [5.41, 5.74) is -2.03. The van der Waals surface area contributed by atoms with E-state index in [1.54, 1.807) is 36.4 Å². The van der Waals surface area contributed by atoms with Gasteiger partial charge in [-0.2, -0.15) is 16.8 Å². The number of Topliss-reactive ketones (excluding diaryl/α,β-unsaturated/α-hetero) is 1. The highest BCUT2D eigenvalue weighted by Gasteiger charge is 2.34. The van der Waals surface area contributed by atoms with Crippen LogP contribution in [0.4, 0.5) is 0 Å². The van der Waals surface area contributed by atoms with Crippen molar-refractivity contribution >= 4 is 37.0 Å². The molecule has 0 radical (unpaired) electrons. The molecule has 0 saturated carbocycles. The number of hydrogen-bond donors (Lipinski definition) is 3. The van der Waals surface area contributed by atoms with E-state index < -0.39 is 69.6 Å². The van der Waals surface area contributed by atoms with Crippen molar-refractivity contribution in [1.29, 1.82) is 0 Å². The maximum absolute atomic E-state index is 13.5. The minimum atomic E-state index is -5.20. The smallest absolute Gasteiger partial charge is 0.344 e. The number of carbonyl (C=O) groups excluding carboxylic acids is 1. The summed E-state index contributed by atoms with van der Waals surface area (Å²) in [6, 6.07) is 8.96. The van der Waals surface area contributed by atoms with Crippen LogP contribution in [0, 0.1) is 0 Å². The number of fused-ring (bicyclic) bond motifs is 1. The molecule has 0 saturated heterocycles. The average molecular weight is 519 g/mol. The van der Waals surface area contributed by atoms with Gasteiger partial charge in [0.25, 0.3) is 20.2 Å². The molecule has 3 aromatic rings. The van der Waals surface area contributed by atoms with Gasteiger partial charge < -0.3 is 9.52 Å². The van der Waals surface area contributed by atoms with Crippen molar-refractivity contribution in [3.8, 4) is 5.75 Å². The predicted molar refractivity (Wildman–Crippen MR) is 124 cm³/mol. The lowest BCUT2D eigenvalue weighted by Crippen LogP contribution is -2.23. The predicted octanol–water partition coefficient (Wildman–Crippen LogP) is 2.97. The van der Waals surface area contributed by atoms with Gasteiger partial charge in [-0.1, -0.05) is 48.6 Å². The Labute approximate surface area is 199 Å². The molecule has 1 unspecified atom stereocenters. The van der Waals surface area contributed by atoms with E-state index in [1.807, 2.05) is 0 Å². The molecule has 3 N–H and O–H groups in total. The van der Waals surface area contributed by atoms with Gasteiger partial charge in [0.05, 0.1) is 21.8 Å². The van der Waals surface area contributed by atoms with Gasteiger partial charge in [-0.05, 0) is 24.5 Å². The van der Waals surface area contributed by atoms with Crippen molar-refractivity contribution in [2.75, 3.05) is 0 Å². The van der Waals surface area contributed by atoms with Gasteiger partial charge >= 0.3 is 5.63 Å². The number of aromatic hydroxyl groups is 1. The molecule has 12 heteroatoms. The van der Waals surface area contributed by atoms with Crippen LogP contribution in [0.25, 0.3) is 11.0 Å². The second kappa shape index (κ2) is 8.89.